The van der Waals surface area contributed by atoms with Gasteiger partial charge in [0.05, 0.1) is 33.2 Å². The first-order valence-electron chi connectivity index (χ1n) is 16.1. The lowest BCUT2D eigenvalue weighted by Crippen LogP contribution is -2.58. The Morgan fingerprint density at radius 2 is 1.02 bits per heavy atom. The lowest BCUT2D eigenvalue weighted by atomic mass is 9.95. The van der Waals surface area contributed by atoms with Gasteiger partial charge < -0.3 is 16.4 Å². The molecule has 6 aromatic rings. The van der Waals surface area contributed by atoms with Gasteiger partial charge in [-0.3, -0.25) is 9.59 Å². The average molecular weight is 612 g/mol. The van der Waals surface area contributed by atoms with Crippen LogP contribution in [0.15, 0.2) is 72.8 Å². The van der Waals surface area contributed by atoms with E-state index in [1.165, 1.54) is 11.1 Å². The third-order valence-corrected chi connectivity index (χ3v) is 9.08. The number of carbonyl (C=O) groups is 2. The summed E-state index contributed by atoms with van der Waals surface area (Å²) >= 11 is 0. The van der Waals surface area contributed by atoms with E-state index >= 15 is 0 Å². The first-order valence-corrected chi connectivity index (χ1v) is 16.1. The van der Waals surface area contributed by atoms with Crippen LogP contribution in [0.3, 0.4) is 0 Å². The molecule has 6 rings (SSSR count). The number of fused-ring (bicyclic) bond motifs is 4. The van der Waals surface area contributed by atoms with Crippen LogP contribution < -0.4 is 16.4 Å². The van der Waals surface area contributed by atoms with Crippen LogP contribution in [0.5, 0.6) is 0 Å². The average Bonchev–Trinajstić information content (AvgIpc) is 3.03. The second kappa shape index (κ2) is 12.5. The summed E-state index contributed by atoms with van der Waals surface area (Å²) in [5.41, 5.74) is 15.4. The molecule has 7 heteroatoms. The van der Waals surface area contributed by atoms with Crippen molar-refractivity contribution >= 4 is 55.4 Å². The second-order valence-electron chi connectivity index (χ2n) is 12.6. The summed E-state index contributed by atoms with van der Waals surface area (Å²) < 4.78 is 0. The van der Waals surface area contributed by atoms with Crippen molar-refractivity contribution in [3.63, 3.8) is 0 Å². The van der Waals surface area contributed by atoms with Gasteiger partial charge in [0.1, 0.15) is 0 Å². The number of carbonyl (C=O) groups excluding carboxylic acids is 2. The highest BCUT2D eigenvalue weighted by Gasteiger charge is 2.28. The van der Waals surface area contributed by atoms with Gasteiger partial charge in [-0.15, -0.1) is 0 Å². The molecule has 0 saturated heterocycles. The third kappa shape index (κ3) is 5.79. The van der Waals surface area contributed by atoms with Gasteiger partial charge in [-0.1, -0.05) is 61.4 Å². The minimum Gasteiger partial charge on any atom is -0.348 e. The Hall–Kier alpha value is -4.88. The van der Waals surface area contributed by atoms with Gasteiger partial charge in [-0.25, -0.2) is 9.97 Å². The Morgan fingerprint density at radius 3 is 1.41 bits per heavy atom. The van der Waals surface area contributed by atoms with Gasteiger partial charge in [0.15, 0.2) is 0 Å². The summed E-state index contributed by atoms with van der Waals surface area (Å²) in [7, 11) is 0. The molecule has 0 radical (unpaired) electrons. The summed E-state index contributed by atoms with van der Waals surface area (Å²) in [5.74, 6) is -0.470. The molecule has 7 nitrogen and oxygen atoms in total. The van der Waals surface area contributed by atoms with Crippen LogP contribution in [0.25, 0.3) is 43.6 Å². The highest BCUT2D eigenvalue weighted by Crippen LogP contribution is 2.27. The summed E-state index contributed by atoms with van der Waals surface area (Å²) in [6, 6.07) is 22.7. The first kappa shape index (κ1) is 31.1. The molecule has 2 amide bonds. The summed E-state index contributed by atoms with van der Waals surface area (Å²) in [4.78, 5) is 37.4. The molecule has 2 aromatic heterocycles. The predicted molar refractivity (Wildman–Crippen MR) is 189 cm³/mol. The molecule has 46 heavy (non-hydrogen) atoms. The molecule has 0 aliphatic carbocycles. The van der Waals surface area contributed by atoms with Crippen LogP contribution in [0, 0.1) is 27.7 Å². The fourth-order valence-electron chi connectivity index (χ4n) is 6.76. The summed E-state index contributed by atoms with van der Waals surface area (Å²) in [6.45, 7) is 12.2. The molecule has 4 N–H and O–H groups in total. The van der Waals surface area contributed by atoms with E-state index in [0.29, 0.717) is 35.0 Å². The molecule has 0 aliphatic heterocycles. The van der Waals surface area contributed by atoms with Crippen molar-refractivity contribution < 1.29 is 9.59 Å². The lowest BCUT2D eigenvalue weighted by molar-refractivity contribution is 0.0909. The van der Waals surface area contributed by atoms with E-state index in [-0.39, 0.29) is 23.9 Å². The standard InChI is InChI=1S/C39H41N5O2/c1-7-31(41-38(45)29-13-9-11-25-19-27-17-21(3)15-23(5)34(27)43-36(25)29)33(40)32(8-2)42-39(46)30-14-10-12-26-20-28-18-22(4)16-24(6)35(28)44-37(26)30/h9-20,31-33H,7-8,40H2,1-6H3,(H,41,45)(H,42,46). The Kier molecular flexibility index (Phi) is 8.45. The zero-order chi connectivity index (χ0) is 32.7. The van der Waals surface area contributed by atoms with Crippen molar-refractivity contribution in [2.75, 3.05) is 0 Å². The fraction of sp³-hybridized carbons (Fsp3) is 0.282. The number of amides is 2. The van der Waals surface area contributed by atoms with Crippen LogP contribution in [0.4, 0.5) is 0 Å². The number of hydrogen-bond donors (Lipinski definition) is 3. The minimum absolute atomic E-state index is 0.235. The van der Waals surface area contributed by atoms with Crippen molar-refractivity contribution in [3.8, 4) is 0 Å². The van der Waals surface area contributed by atoms with E-state index in [2.05, 4.69) is 60.9 Å². The molecule has 0 fully saturated rings. The van der Waals surface area contributed by atoms with E-state index in [9.17, 15) is 9.59 Å². The molecule has 4 aromatic carbocycles. The van der Waals surface area contributed by atoms with E-state index in [1.54, 1.807) is 12.1 Å². The molecular weight excluding hydrogens is 570 g/mol. The Balaban J connectivity index is 1.25. The molecule has 0 spiro atoms. The highest BCUT2D eigenvalue weighted by atomic mass is 16.2. The molecular formula is C39H41N5O2. The summed E-state index contributed by atoms with van der Waals surface area (Å²) in [6.07, 6.45) is 1.19. The van der Waals surface area contributed by atoms with Crippen LogP contribution in [-0.2, 0) is 0 Å². The molecule has 0 aliphatic rings. The number of benzene rings is 4. The van der Waals surface area contributed by atoms with E-state index in [4.69, 9.17) is 15.7 Å². The normalized spacial score (nSPS) is 13.6. The van der Waals surface area contributed by atoms with E-state index in [0.717, 1.165) is 43.7 Å². The molecule has 2 atom stereocenters. The van der Waals surface area contributed by atoms with Gasteiger partial charge in [0, 0.05) is 39.7 Å². The largest absolute Gasteiger partial charge is 0.348 e. The number of nitrogens with one attached hydrogen (secondary N) is 2. The number of hydrogen-bond acceptors (Lipinski definition) is 5. The third-order valence-electron chi connectivity index (χ3n) is 9.08. The van der Waals surface area contributed by atoms with Crippen LogP contribution in [-0.4, -0.2) is 39.9 Å². The zero-order valence-corrected chi connectivity index (χ0v) is 27.4. The van der Waals surface area contributed by atoms with Gasteiger partial charge in [-0.05, 0) is 88.1 Å². The maximum atomic E-state index is 13.8. The number of aryl methyl sites for hydroxylation is 4. The minimum atomic E-state index is -0.522. The highest BCUT2D eigenvalue weighted by molar-refractivity contribution is 6.09. The van der Waals surface area contributed by atoms with Crippen molar-refractivity contribution in [2.45, 2.75) is 72.5 Å². The smallest absolute Gasteiger partial charge is 0.253 e. The SMILES string of the molecule is CCC(NC(=O)c1cccc2cc3cc(C)cc(C)c3nc12)C(N)C(CC)NC(=O)c1cccc2cc3cc(C)cc(C)c3nc12. The zero-order valence-electron chi connectivity index (χ0n) is 27.4. The number of nitrogens with two attached hydrogens (primary N) is 1. The van der Waals surface area contributed by atoms with Crippen molar-refractivity contribution in [1.82, 2.24) is 20.6 Å². The van der Waals surface area contributed by atoms with Gasteiger partial charge in [-0.2, -0.15) is 0 Å². The molecule has 0 saturated carbocycles. The van der Waals surface area contributed by atoms with E-state index in [1.807, 2.05) is 52.0 Å². The number of aromatic nitrogens is 2. The lowest BCUT2D eigenvalue weighted by Gasteiger charge is -2.31. The topological polar surface area (TPSA) is 110 Å². The Labute approximate surface area is 269 Å². The Morgan fingerprint density at radius 1 is 0.609 bits per heavy atom. The second-order valence-corrected chi connectivity index (χ2v) is 12.6. The Bertz CT molecular complexity index is 2000. The van der Waals surface area contributed by atoms with Gasteiger partial charge in [0.2, 0.25) is 0 Å². The number of para-hydroxylation sites is 2. The van der Waals surface area contributed by atoms with Crippen LogP contribution in [0.1, 0.15) is 69.7 Å². The van der Waals surface area contributed by atoms with Gasteiger partial charge >= 0.3 is 0 Å². The van der Waals surface area contributed by atoms with Gasteiger partial charge in [0.25, 0.3) is 11.8 Å². The maximum absolute atomic E-state index is 13.8. The fourth-order valence-corrected chi connectivity index (χ4v) is 6.76. The molecule has 2 heterocycles. The first-order chi connectivity index (χ1) is 22.1. The summed E-state index contributed by atoms with van der Waals surface area (Å²) in [5, 5.41) is 10.3. The maximum Gasteiger partial charge on any atom is 0.253 e. The number of rotatable bonds is 8. The quantitative estimate of drug-likeness (QED) is 0.156. The predicted octanol–water partition coefficient (Wildman–Crippen LogP) is 7.37. The monoisotopic (exact) mass is 611 g/mol. The number of pyridine rings is 2. The molecule has 0 bridgehead atoms. The van der Waals surface area contributed by atoms with Crippen LogP contribution >= 0.6 is 0 Å². The molecule has 234 valence electrons. The van der Waals surface area contributed by atoms with Crippen molar-refractivity contribution in [2.24, 2.45) is 5.73 Å². The van der Waals surface area contributed by atoms with Crippen LogP contribution in [0.2, 0.25) is 0 Å². The van der Waals surface area contributed by atoms with Crippen molar-refractivity contribution in [1.29, 1.82) is 0 Å². The van der Waals surface area contributed by atoms with E-state index < -0.39 is 6.04 Å². The molecule has 2 unspecified atom stereocenters. The number of nitrogens with zero attached hydrogens (tertiary/aromatic N) is 2. The van der Waals surface area contributed by atoms with Crippen molar-refractivity contribution in [3.05, 3.63) is 106 Å².